The van der Waals surface area contributed by atoms with Crippen LogP contribution in [0.2, 0.25) is 0 Å². The van der Waals surface area contributed by atoms with Crippen LogP contribution in [0, 0.1) is 0 Å². The van der Waals surface area contributed by atoms with Crippen LogP contribution in [-0.2, 0) is 0 Å². The minimum Gasteiger partial charge on any atom is -0.383 e. The van der Waals surface area contributed by atoms with Crippen molar-refractivity contribution in [1.82, 2.24) is 5.43 Å². The van der Waals surface area contributed by atoms with Crippen LogP contribution in [0.25, 0.3) is 0 Å². The largest absolute Gasteiger partial charge is 0.383 e. The molecule has 1 rings (SSSR count). The van der Waals surface area contributed by atoms with Crippen molar-refractivity contribution in [3.05, 3.63) is 29.8 Å². The Morgan fingerprint density at radius 3 is 2.29 bits per heavy atom. The second-order valence-corrected chi connectivity index (χ2v) is 3.35. The number of hydrogen-bond donors (Lipinski definition) is 3. The summed E-state index contributed by atoms with van der Waals surface area (Å²) >= 11 is 0. The minimum atomic E-state index is -0.277. The highest BCUT2D eigenvalue weighted by Crippen LogP contribution is 2.10. The molecule has 4 heteroatoms. The zero-order chi connectivity index (χ0) is 10.6. The maximum absolute atomic E-state index is 11.1. The highest BCUT2D eigenvalue weighted by Gasteiger charge is 2.02. The van der Waals surface area contributed by atoms with E-state index in [1.807, 2.05) is 12.1 Å². The average molecular weight is 193 g/mol. The third-order valence-corrected chi connectivity index (χ3v) is 1.73. The molecule has 0 aliphatic heterocycles. The van der Waals surface area contributed by atoms with Crippen molar-refractivity contribution in [1.29, 1.82) is 0 Å². The van der Waals surface area contributed by atoms with Gasteiger partial charge in [0.15, 0.2) is 0 Å². The number of nitrogen functional groups attached to an aromatic ring is 1. The van der Waals surface area contributed by atoms with E-state index in [9.17, 15) is 4.79 Å². The van der Waals surface area contributed by atoms with E-state index in [1.165, 1.54) is 0 Å². The highest BCUT2D eigenvalue weighted by atomic mass is 16.2. The van der Waals surface area contributed by atoms with Gasteiger partial charge in [-0.2, -0.15) is 0 Å². The molecule has 0 fully saturated rings. The SMILES string of the molecule is CC(C)Nc1ccc(C(=O)NN)cc1. The Labute approximate surface area is 83.5 Å². The van der Waals surface area contributed by atoms with Crippen LogP contribution in [-0.4, -0.2) is 11.9 Å². The summed E-state index contributed by atoms with van der Waals surface area (Å²) in [7, 11) is 0. The van der Waals surface area contributed by atoms with Crippen LogP contribution in [0.15, 0.2) is 24.3 Å². The number of amides is 1. The topological polar surface area (TPSA) is 67.2 Å². The molecule has 14 heavy (non-hydrogen) atoms. The average Bonchev–Trinajstić information content (AvgIpc) is 2.17. The quantitative estimate of drug-likeness (QED) is 0.382. The second kappa shape index (κ2) is 4.62. The lowest BCUT2D eigenvalue weighted by Gasteiger charge is -2.09. The first-order valence-electron chi connectivity index (χ1n) is 4.51. The molecule has 1 aromatic rings. The van der Waals surface area contributed by atoms with Crippen LogP contribution >= 0.6 is 0 Å². The van der Waals surface area contributed by atoms with E-state index in [-0.39, 0.29) is 5.91 Å². The van der Waals surface area contributed by atoms with E-state index in [0.717, 1.165) is 5.69 Å². The van der Waals surface area contributed by atoms with Crippen LogP contribution in [0.5, 0.6) is 0 Å². The number of rotatable bonds is 3. The number of carbonyl (C=O) groups is 1. The van der Waals surface area contributed by atoms with Crippen LogP contribution in [0.3, 0.4) is 0 Å². The Bertz CT molecular complexity index is 306. The molecule has 4 N–H and O–H groups in total. The lowest BCUT2D eigenvalue weighted by atomic mass is 10.2. The van der Waals surface area contributed by atoms with E-state index < -0.39 is 0 Å². The fraction of sp³-hybridized carbons (Fsp3) is 0.300. The number of hydrazine groups is 1. The summed E-state index contributed by atoms with van der Waals surface area (Å²) in [6.45, 7) is 4.11. The molecule has 0 saturated heterocycles. The van der Waals surface area contributed by atoms with Gasteiger partial charge < -0.3 is 5.32 Å². The third-order valence-electron chi connectivity index (χ3n) is 1.73. The maximum Gasteiger partial charge on any atom is 0.265 e. The van der Waals surface area contributed by atoms with E-state index in [2.05, 4.69) is 24.6 Å². The van der Waals surface area contributed by atoms with Gasteiger partial charge in [0.25, 0.3) is 5.91 Å². The van der Waals surface area contributed by atoms with Gasteiger partial charge in [0.1, 0.15) is 0 Å². The second-order valence-electron chi connectivity index (χ2n) is 3.35. The van der Waals surface area contributed by atoms with Gasteiger partial charge >= 0.3 is 0 Å². The smallest absolute Gasteiger partial charge is 0.265 e. The molecule has 76 valence electrons. The summed E-state index contributed by atoms with van der Waals surface area (Å²) in [4.78, 5) is 11.1. The lowest BCUT2D eigenvalue weighted by molar-refractivity contribution is 0.0953. The number of hydrogen-bond acceptors (Lipinski definition) is 3. The maximum atomic E-state index is 11.1. The molecular weight excluding hydrogens is 178 g/mol. The number of anilines is 1. The Kier molecular flexibility index (Phi) is 3.48. The van der Waals surface area contributed by atoms with Gasteiger partial charge in [0.05, 0.1) is 0 Å². The van der Waals surface area contributed by atoms with Crippen LogP contribution < -0.4 is 16.6 Å². The lowest BCUT2D eigenvalue weighted by Crippen LogP contribution is -2.29. The van der Waals surface area contributed by atoms with Crippen molar-refractivity contribution in [2.24, 2.45) is 5.84 Å². The molecular formula is C10H15N3O. The van der Waals surface area contributed by atoms with E-state index in [0.29, 0.717) is 11.6 Å². The molecule has 0 heterocycles. The third kappa shape index (κ3) is 2.74. The molecule has 0 radical (unpaired) electrons. The summed E-state index contributed by atoms with van der Waals surface area (Å²) in [6.07, 6.45) is 0. The van der Waals surface area contributed by atoms with E-state index in [1.54, 1.807) is 12.1 Å². The standard InChI is InChI=1S/C10H15N3O/c1-7(2)12-9-5-3-8(4-6-9)10(14)13-11/h3-7,12H,11H2,1-2H3,(H,13,14). The summed E-state index contributed by atoms with van der Waals surface area (Å²) in [6, 6.07) is 7.54. The molecule has 4 nitrogen and oxygen atoms in total. The Balaban J connectivity index is 2.73. The number of nitrogens with two attached hydrogens (primary N) is 1. The molecule has 1 amide bonds. The Hall–Kier alpha value is -1.55. The van der Waals surface area contributed by atoms with Gasteiger partial charge in [-0.15, -0.1) is 0 Å². The van der Waals surface area contributed by atoms with Gasteiger partial charge in [-0.25, -0.2) is 5.84 Å². The Morgan fingerprint density at radius 2 is 1.86 bits per heavy atom. The predicted molar refractivity (Wildman–Crippen MR) is 56.9 cm³/mol. The summed E-state index contributed by atoms with van der Waals surface area (Å²) < 4.78 is 0. The molecule has 0 saturated carbocycles. The van der Waals surface area contributed by atoms with Gasteiger partial charge in [-0.3, -0.25) is 10.2 Å². The number of nitrogens with one attached hydrogen (secondary N) is 2. The molecule has 0 aromatic heterocycles. The van der Waals surface area contributed by atoms with Crippen LogP contribution in [0.1, 0.15) is 24.2 Å². The van der Waals surface area contributed by atoms with Crippen molar-refractivity contribution in [3.63, 3.8) is 0 Å². The molecule has 0 atom stereocenters. The fourth-order valence-electron chi connectivity index (χ4n) is 1.13. The highest BCUT2D eigenvalue weighted by molar-refractivity contribution is 5.94. The first kappa shape index (κ1) is 10.5. The number of carbonyl (C=O) groups excluding carboxylic acids is 1. The fourth-order valence-corrected chi connectivity index (χ4v) is 1.13. The predicted octanol–water partition coefficient (Wildman–Crippen LogP) is 1.11. The zero-order valence-electron chi connectivity index (χ0n) is 8.37. The van der Waals surface area contributed by atoms with Crippen molar-refractivity contribution in [3.8, 4) is 0 Å². The van der Waals surface area contributed by atoms with E-state index in [4.69, 9.17) is 5.84 Å². The van der Waals surface area contributed by atoms with E-state index >= 15 is 0 Å². The number of benzene rings is 1. The molecule has 1 aromatic carbocycles. The first-order valence-corrected chi connectivity index (χ1v) is 4.51. The van der Waals surface area contributed by atoms with Crippen molar-refractivity contribution >= 4 is 11.6 Å². The summed E-state index contributed by atoms with van der Waals surface area (Å²) in [5.74, 6) is 4.73. The Morgan fingerprint density at radius 1 is 1.29 bits per heavy atom. The molecule has 0 aliphatic rings. The normalized spacial score (nSPS) is 10.0. The summed E-state index contributed by atoms with van der Waals surface area (Å²) in [5, 5.41) is 3.23. The molecule has 0 bridgehead atoms. The van der Waals surface area contributed by atoms with Gasteiger partial charge in [0, 0.05) is 17.3 Å². The van der Waals surface area contributed by atoms with Gasteiger partial charge in [-0.1, -0.05) is 0 Å². The molecule has 0 aliphatic carbocycles. The monoisotopic (exact) mass is 193 g/mol. The minimum absolute atomic E-state index is 0.277. The van der Waals surface area contributed by atoms with Crippen LogP contribution in [0.4, 0.5) is 5.69 Å². The van der Waals surface area contributed by atoms with Crippen molar-refractivity contribution < 1.29 is 4.79 Å². The van der Waals surface area contributed by atoms with Gasteiger partial charge in [0.2, 0.25) is 0 Å². The molecule has 0 unspecified atom stereocenters. The van der Waals surface area contributed by atoms with Crippen molar-refractivity contribution in [2.45, 2.75) is 19.9 Å². The summed E-state index contributed by atoms with van der Waals surface area (Å²) in [5.41, 5.74) is 3.63. The zero-order valence-corrected chi connectivity index (χ0v) is 8.37. The first-order chi connectivity index (χ1) is 6.63. The van der Waals surface area contributed by atoms with Gasteiger partial charge in [-0.05, 0) is 38.1 Å². The van der Waals surface area contributed by atoms with Crippen molar-refractivity contribution in [2.75, 3.05) is 5.32 Å². The molecule has 0 spiro atoms.